The lowest BCUT2D eigenvalue weighted by Crippen LogP contribution is -2.66. The smallest absolute Gasteiger partial charge is 0.246 e. The van der Waals surface area contributed by atoms with Gasteiger partial charge in [-0.25, -0.2) is 0 Å². The van der Waals surface area contributed by atoms with Gasteiger partial charge in [0, 0.05) is 38.5 Å². The Hall–Kier alpha value is -5.26. The zero-order valence-corrected chi connectivity index (χ0v) is 50.4. The molecule has 454 valence electrons. The molecule has 9 amide bonds. The van der Waals surface area contributed by atoms with Crippen LogP contribution in [0.2, 0.25) is 0 Å². The summed E-state index contributed by atoms with van der Waals surface area (Å²) in [5.74, 6) is -7.39. The van der Waals surface area contributed by atoms with E-state index in [-0.39, 0.29) is 50.0 Å². The van der Waals surface area contributed by atoms with E-state index in [1.165, 1.54) is 53.4 Å². The number of unbranched alkanes of at least 4 members (excludes halogenated alkanes) is 5. The average Bonchev–Trinajstić information content (AvgIpc) is 3.85. The number of ketones is 1. The molecular formula is C56H103N11O12. The summed E-state index contributed by atoms with van der Waals surface area (Å²) in [6.45, 7) is 25.2. The van der Waals surface area contributed by atoms with Crippen LogP contribution in [0.5, 0.6) is 0 Å². The van der Waals surface area contributed by atoms with Crippen LogP contribution in [0, 0.1) is 17.8 Å². The summed E-state index contributed by atoms with van der Waals surface area (Å²) in [6.07, 6.45) is 6.87. The number of carbonyl (C=O) groups excluding carboxylic acids is 10. The zero-order valence-electron chi connectivity index (χ0n) is 50.4. The predicted octanol–water partition coefficient (Wildman–Crippen LogP) is 1.24. The van der Waals surface area contributed by atoms with Crippen molar-refractivity contribution in [1.82, 2.24) is 52.8 Å². The molecule has 1 rings (SSSR count). The lowest BCUT2D eigenvalue weighted by atomic mass is 9.92. The highest BCUT2D eigenvalue weighted by atomic mass is 16.3. The van der Waals surface area contributed by atoms with Crippen LogP contribution < -0.4 is 53.6 Å². The topological polar surface area (TPSA) is 349 Å². The Kier molecular flexibility index (Phi) is 31.0. The van der Waals surface area contributed by atoms with Crippen molar-refractivity contribution in [2.75, 3.05) is 26.2 Å². The first-order valence-corrected chi connectivity index (χ1v) is 28.7. The molecule has 0 aromatic rings. The van der Waals surface area contributed by atoms with Crippen LogP contribution >= 0.6 is 0 Å². The molecule has 0 spiro atoms. The first kappa shape index (κ1) is 71.8. The van der Waals surface area contributed by atoms with Gasteiger partial charge in [-0.05, 0) is 105 Å². The van der Waals surface area contributed by atoms with E-state index in [4.69, 9.17) is 10.8 Å². The van der Waals surface area contributed by atoms with Crippen LogP contribution in [0.1, 0.15) is 187 Å². The summed E-state index contributed by atoms with van der Waals surface area (Å²) >= 11 is 0. The highest BCUT2D eigenvalue weighted by Crippen LogP contribution is 2.22. The number of likely N-dealkylation sites (tertiary alicyclic amines) is 1. The molecule has 23 heteroatoms. The Morgan fingerprint density at radius 2 is 1.18 bits per heavy atom. The molecule has 79 heavy (non-hydrogen) atoms. The van der Waals surface area contributed by atoms with Crippen molar-refractivity contribution < 1.29 is 58.2 Å². The molecule has 1 heterocycles. The number of Topliss-reactive ketones (excluding diaryl/α,β-unsaturated/α-hetero) is 1. The number of hydrogen-bond acceptors (Lipinski definition) is 14. The van der Waals surface area contributed by atoms with Crippen molar-refractivity contribution in [2.45, 2.75) is 252 Å². The molecule has 0 aromatic heterocycles. The van der Waals surface area contributed by atoms with E-state index in [1.807, 2.05) is 0 Å². The van der Waals surface area contributed by atoms with E-state index >= 15 is 0 Å². The summed E-state index contributed by atoms with van der Waals surface area (Å²) in [6, 6.07) is -6.93. The molecule has 1 saturated heterocycles. The van der Waals surface area contributed by atoms with E-state index < -0.39 is 124 Å². The molecule has 0 aromatic carbocycles. The Morgan fingerprint density at radius 1 is 0.633 bits per heavy atom. The SMILES string of the molecule is CCCCCCCC[C@H](N)C(=O)N1CCC[C@H]1C(=O)N[C@@H](CC(C)CC(O)CC(=O)CC)C(=O)N[C@@H](C)C(=O)NC(C)(C)C(=O)N[C@H](C(=O)N[C@H](C(=O)NC(C)(C)C(=O)NC(C)(C)C(=O)NC(C)CNCCO)C(C)C)C(C)C. The maximum absolute atomic E-state index is 14.1. The second-order valence-electron chi connectivity index (χ2n) is 24.0. The number of nitrogens with one attached hydrogen (secondary N) is 9. The van der Waals surface area contributed by atoms with E-state index in [0.29, 0.717) is 38.9 Å². The van der Waals surface area contributed by atoms with Gasteiger partial charge in [-0.1, -0.05) is 87.0 Å². The summed E-state index contributed by atoms with van der Waals surface area (Å²) in [5.41, 5.74) is 1.70. The van der Waals surface area contributed by atoms with E-state index in [1.54, 1.807) is 48.5 Å². The normalized spacial score (nSPS) is 17.0. The quantitative estimate of drug-likeness (QED) is 0.0390. The summed E-state index contributed by atoms with van der Waals surface area (Å²) in [7, 11) is 0. The number of nitrogens with two attached hydrogens (primary N) is 1. The molecule has 0 radical (unpaired) electrons. The van der Waals surface area contributed by atoms with Gasteiger partial charge < -0.3 is 68.7 Å². The van der Waals surface area contributed by atoms with Crippen molar-refractivity contribution in [3.63, 3.8) is 0 Å². The molecule has 3 unspecified atom stereocenters. The minimum absolute atomic E-state index is 0.00490. The van der Waals surface area contributed by atoms with Gasteiger partial charge in [0.25, 0.3) is 0 Å². The van der Waals surface area contributed by atoms with Crippen molar-refractivity contribution >= 4 is 58.9 Å². The van der Waals surface area contributed by atoms with Gasteiger partial charge in [0.15, 0.2) is 0 Å². The fourth-order valence-electron chi connectivity index (χ4n) is 9.02. The maximum atomic E-state index is 14.1. The Morgan fingerprint density at radius 3 is 1.76 bits per heavy atom. The van der Waals surface area contributed by atoms with Crippen molar-refractivity contribution in [3.8, 4) is 0 Å². The third-order valence-corrected chi connectivity index (χ3v) is 14.2. The van der Waals surface area contributed by atoms with Gasteiger partial charge in [-0.2, -0.15) is 0 Å². The van der Waals surface area contributed by atoms with Crippen molar-refractivity contribution in [2.24, 2.45) is 23.5 Å². The van der Waals surface area contributed by atoms with Gasteiger partial charge in [0.2, 0.25) is 53.2 Å². The van der Waals surface area contributed by atoms with Crippen LogP contribution in [0.15, 0.2) is 0 Å². The number of rotatable bonds is 37. The van der Waals surface area contributed by atoms with Gasteiger partial charge >= 0.3 is 0 Å². The molecule has 13 N–H and O–H groups in total. The number of aliphatic hydroxyl groups excluding tert-OH is 2. The Bertz CT molecular complexity index is 2030. The van der Waals surface area contributed by atoms with Gasteiger partial charge in [0.05, 0.1) is 18.8 Å². The number of hydrogen-bond donors (Lipinski definition) is 12. The second kappa shape index (κ2) is 34.1. The monoisotopic (exact) mass is 1120 g/mol. The fraction of sp³-hybridized carbons (Fsp3) is 0.821. The Balaban J connectivity index is 3.18. The molecule has 0 bridgehead atoms. The van der Waals surface area contributed by atoms with E-state index in [0.717, 1.165) is 38.5 Å². The highest BCUT2D eigenvalue weighted by Gasteiger charge is 2.42. The van der Waals surface area contributed by atoms with Gasteiger partial charge in [-0.15, -0.1) is 0 Å². The molecular weight excluding hydrogens is 1020 g/mol. The molecule has 1 aliphatic rings. The minimum atomic E-state index is -1.68. The van der Waals surface area contributed by atoms with Crippen LogP contribution in [0.25, 0.3) is 0 Å². The largest absolute Gasteiger partial charge is 0.395 e. The summed E-state index contributed by atoms with van der Waals surface area (Å²) in [5, 5.41) is 44.3. The molecule has 23 nitrogen and oxygen atoms in total. The first-order valence-electron chi connectivity index (χ1n) is 28.7. The van der Waals surface area contributed by atoms with Crippen LogP contribution in [0.4, 0.5) is 0 Å². The lowest BCUT2D eigenvalue weighted by molar-refractivity contribution is -0.141. The van der Waals surface area contributed by atoms with Gasteiger partial charge in [-0.3, -0.25) is 47.9 Å². The highest BCUT2D eigenvalue weighted by molar-refractivity contribution is 6.00. The lowest BCUT2D eigenvalue weighted by Gasteiger charge is -2.34. The zero-order chi connectivity index (χ0) is 60.6. The summed E-state index contributed by atoms with van der Waals surface area (Å²) < 4.78 is 0. The van der Waals surface area contributed by atoms with Crippen molar-refractivity contribution in [1.29, 1.82) is 0 Å². The Labute approximate surface area is 470 Å². The van der Waals surface area contributed by atoms with Crippen molar-refractivity contribution in [3.05, 3.63) is 0 Å². The molecule has 1 fully saturated rings. The van der Waals surface area contributed by atoms with Crippen LogP contribution in [-0.2, 0) is 47.9 Å². The molecule has 1 aliphatic heterocycles. The second-order valence-corrected chi connectivity index (χ2v) is 24.0. The fourth-order valence-corrected chi connectivity index (χ4v) is 9.02. The standard InChI is InChI=1S/C56H103N11O12/c1-16-18-19-20-21-22-24-40(57)50(76)67-27-23-25-42(67)47(73)61-41(30-35(7)29-39(70)31-38(69)17-2)46(72)60-37(9)45(71)64-54(10,11)52(78)63-43(33(3)4)48(74)62-44(34(5)6)49(75)65-56(14,15)53(79)66-55(12,13)51(77)59-36(8)32-58-26-28-68/h33-37,39-44,58,68,70H,16-32,57H2,1-15H3,(H,59,77)(H,60,72)(H,61,73)(H,62,74)(H,63,78)(H,64,71)(H,65,75)(H,66,79)/t35?,36?,37-,39?,40-,41-,42-,43-,44-/m0/s1. The average molecular weight is 1120 g/mol. The number of amides is 9. The number of carbonyl (C=O) groups is 10. The number of nitrogens with zero attached hydrogens (tertiary/aromatic N) is 1. The maximum Gasteiger partial charge on any atom is 0.246 e. The third kappa shape index (κ3) is 25.0. The summed E-state index contributed by atoms with van der Waals surface area (Å²) in [4.78, 5) is 137. The van der Waals surface area contributed by atoms with E-state index in [2.05, 4.69) is 54.8 Å². The predicted molar refractivity (Wildman–Crippen MR) is 302 cm³/mol. The molecule has 0 saturated carbocycles. The third-order valence-electron chi connectivity index (χ3n) is 14.2. The molecule has 9 atom stereocenters. The first-order chi connectivity index (χ1) is 36.6. The number of aliphatic hydroxyl groups is 2. The van der Waals surface area contributed by atoms with Crippen LogP contribution in [0.3, 0.4) is 0 Å². The van der Waals surface area contributed by atoms with Gasteiger partial charge in [0.1, 0.15) is 52.6 Å². The van der Waals surface area contributed by atoms with Crippen LogP contribution in [-0.4, -0.2) is 165 Å². The van der Waals surface area contributed by atoms with E-state index in [9.17, 15) is 53.1 Å². The molecule has 0 aliphatic carbocycles. The minimum Gasteiger partial charge on any atom is -0.395 e.